The third-order valence-electron chi connectivity index (χ3n) is 5.00. The molecule has 0 spiro atoms. The van der Waals surface area contributed by atoms with Crippen LogP contribution < -0.4 is 4.90 Å². The Morgan fingerprint density at radius 3 is 2.63 bits per heavy atom. The minimum Gasteiger partial charge on any atom is -0.350 e. The van der Waals surface area contributed by atoms with Crippen LogP contribution >= 0.6 is 11.6 Å². The molecule has 0 aliphatic carbocycles. The molecular weight excluding hydrogens is 360 g/mol. The third-order valence-corrected chi connectivity index (χ3v) is 5.23. The topological polar surface area (TPSA) is 78.6 Å². The Hall–Kier alpha value is -3.04. The van der Waals surface area contributed by atoms with E-state index >= 15 is 0 Å². The molecule has 3 aromatic heterocycles. The molecule has 0 unspecified atom stereocenters. The number of hydrogen-bond acceptors (Lipinski definition) is 6. The zero-order valence-corrected chi connectivity index (χ0v) is 15.8. The summed E-state index contributed by atoms with van der Waals surface area (Å²) in [5.74, 6) is 0.829. The molecule has 0 bridgehead atoms. The number of anilines is 1. The fraction of sp³-hybridized carbons (Fsp3) is 0.250. The lowest BCUT2D eigenvalue weighted by molar-refractivity contribution is 0.692. The molecular formula is C20H17ClN6. The van der Waals surface area contributed by atoms with Crippen molar-refractivity contribution in [2.24, 2.45) is 0 Å². The van der Waals surface area contributed by atoms with Gasteiger partial charge in [0.25, 0.3) is 0 Å². The molecule has 27 heavy (non-hydrogen) atoms. The quantitative estimate of drug-likeness (QED) is 0.635. The molecule has 4 heterocycles. The summed E-state index contributed by atoms with van der Waals surface area (Å²) in [6.45, 7) is 5.43. The van der Waals surface area contributed by atoms with Crippen LogP contribution in [0.3, 0.4) is 0 Å². The molecule has 6 nitrogen and oxygen atoms in total. The van der Waals surface area contributed by atoms with Gasteiger partial charge in [-0.05, 0) is 48.7 Å². The first-order valence-corrected chi connectivity index (χ1v) is 9.03. The van der Waals surface area contributed by atoms with Gasteiger partial charge < -0.3 is 4.90 Å². The number of nitrogens with zero attached hydrogens (tertiary/aromatic N) is 6. The summed E-state index contributed by atoms with van der Waals surface area (Å²) < 4.78 is 0. The van der Waals surface area contributed by atoms with Crippen molar-refractivity contribution >= 4 is 17.4 Å². The Bertz CT molecular complexity index is 1060. The monoisotopic (exact) mass is 376 g/mol. The summed E-state index contributed by atoms with van der Waals surface area (Å²) >= 11 is 5.88. The van der Waals surface area contributed by atoms with Gasteiger partial charge in [-0.3, -0.25) is 4.98 Å². The number of pyridine rings is 2. The van der Waals surface area contributed by atoms with E-state index in [0.717, 1.165) is 52.3 Å². The van der Waals surface area contributed by atoms with Gasteiger partial charge in [0.05, 0.1) is 0 Å². The van der Waals surface area contributed by atoms with Crippen LogP contribution in [0.1, 0.15) is 28.1 Å². The average Bonchev–Trinajstić information content (AvgIpc) is 2.70. The fourth-order valence-electron chi connectivity index (χ4n) is 3.31. The zero-order valence-electron chi connectivity index (χ0n) is 15.1. The lowest BCUT2D eigenvalue weighted by Crippen LogP contribution is -2.32. The van der Waals surface area contributed by atoms with Gasteiger partial charge in [-0.1, -0.05) is 11.6 Å². The minimum absolute atomic E-state index is 0.382. The maximum Gasteiger partial charge on any atom is 0.166 e. The van der Waals surface area contributed by atoms with E-state index in [2.05, 4.69) is 37.2 Å². The van der Waals surface area contributed by atoms with Crippen LogP contribution in [-0.2, 0) is 13.0 Å². The molecule has 7 heteroatoms. The third kappa shape index (κ3) is 3.22. The van der Waals surface area contributed by atoms with Gasteiger partial charge >= 0.3 is 0 Å². The Morgan fingerprint density at radius 2 is 1.89 bits per heavy atom. The fourth-order valence-corrected chi connectivity index (χ4v) is 3.42. The predicted octanol–water partition coefficient (Wildman–Crippen LogP) is 3.64. The molecule has 0 N–H and O–H groups in total. The number of fused-ring (bicyclic) bond motifs is 1. The lowest BCUT2D eigenvalue weighted by Gasteiger charge is -2.30. The molecule has 1 aliphatic rings. The maximum atomic E-state index is 9.14. The second kappa shape index (κ2) is 6.93. The highest BCUT2D eigenvalue weighted by molar-refractivity contribution is 6.29. The molecule has 0 atom stereocenters. The van der Waals surface area contributed by atoms with E-state index in [1.165, 1.54) is 0 Å². The van der Waals surface area contributed by atoms with Gasteiger partial charge in [-0.2, -0.15) is 5.26 Å². The van der Waals surface area contributed by atoms with Gasteiger partial charge in [-0.15, -0.1) is 10.2 Å². The molecule has 0 radical (unpaired) electrons. The van der Waals surface area contributed by atoms with Crippen molar-refractivity contribution in [1.29, 1.82) is 5.26 Å². The largest absolute Gasteiger partial charge is 0.350 e. The van der Waals surface area contributed by atoms with Crippen LogP contribution in [0.5, 0.6) is 0 Å². The highest BCUT2D eigenvalue weighted by Gasteiger charge is 2.22. The molecule has 0 aromatic carbocycles. The first-order valence-electron chi connectivity index (χ1n) is 8.65. The highest BCUT2D eigenvalue weighted by atomic mass is 35.5. The van der Waals surface area contributed by atoms with Gasteiger partial charge in [0, 0.05) is 48.7 Å². The predicted molar refractivity (Wildman–Crippen MR) is 103 cm³/mol. The summed E-state index contributed by atoms with van der Waals surface area (Å²) in [6.07, 6.45) is 4.48. The molecule has 0 saturated carbocycles. The van der Waals surface area contributed by atoms with Crippen LogP contribution in [0.15, 0.2) is 30.6 Å². The Labute approximate surface area is 162 Å². The number of aromatic nitrogens is 4. The molecule has 0 saturated heterocycles. The number of rotatable bonds is 2. The summed E-state index contributed by atoms with van der Waals surface area (Å²) in [4.78, 5) is 11.0. The van der Waals surface area contributed by atoms with Crippen molar-refractivity contribution in [2.75, 3.05) is 11.4 Å². The van der Waals surface area contributed by atoms with Crippen molar-refractivity contribution in [3.05, 3.63) is 63.8 Å². The van der Waals surface area contributed by atoms with E-state index in [-0.39, 0.29) is 0 Å². The summed E-state index contributed by atoms with van der Waals surface area (Å²) in [7, 11) is 0. The van der Waals surface area contributed by atoms with Gasteiger partial charge in [-0.25, -0.2) is 4.98 Å². The van der Waals surface area contributed by atoms with Gasteiger partial charge in [0.1, 0.15) is 11.2 Å². The number of hydrogen-bond donors (Lipinski definition) is 0. The summed E-state index contributed by atoms with van der Waals surface area (Å²) in [5, 5.41) is 18.0. The van der Waals surface area contributed by atoms with E-state index in [1.807, 2.05) is 26.1 Å². The molecule has 1 aliphatic heterocycles. The maximum absolute atomic E-state index is 9.14. The summed E-state index contributed by atoms with van der Waals surface area (Å²) in [5.41, 5.74) is 6.52. The molecule has 134 valence electrons. The first kappa shape index (κ1) is 17.4. The first-order chi connectivity index (χ1) is 13.1. The van der Waals surface area contributed by atoms with Crippen molar-refractivity contribution < 1.29 is 0 Å². The number of nitriles is 1. The molecule has 0 fully saturated rings. The highest BCUT2D eigenvalue weighted by Crippen LogP contribution is 2.29. The summed E-state index contributed by atoms with van der Waals surface area (Å²) in [6, 6.07) is 7.97. The molecule has 4 rings (SSSR count). The van der Waals surface area contributed by atoms with E-state index in [9.17, 15) is 0 Å². The SMILES string of the molecule is Cc1c(C#N)nnc(N2CCc3ncc(-c4ccc(Cl)nc4)cc3C2)c1C. The second-order valence-corrected chi connectivity index (χ2v) is 6.99. The van der Waals surface area contributed by atoms with Crippen molar-refractivity contribution in [3.8, 4) is 17.2 Å². The lowest BCUT2D eigenvalue weighted by atomic mass is 10.0. The van der Waals surface area contributed by atoms with E-state index in [0.29, 0.717) is 17.4 Å². The van der Waals surface area contributed by atoms with Crippen LogP contribution in [-0.4, -0.2) is 26.7 Å². The average molecular weight is 377 g/mol. The zero-order chi connectivity index (χ0) is 19.0. The van der Waals surface area contributed by atoms with Crippen molar-refractivity contribution in [2.45, 2.75) is 26.8 Å². The molecule has 3 aromatic rings. The smallest absolute Gasteiger partial charge is 0.166 e. The number of halogens is 1. The van der Waals surface area contributed by atoms with E-state index in [1.54, 1.807) is 12.3 Å². The van der Waals surface area contributed by atoms with E-state index < -0.39 is 0 Å². The Balaban J connectivity index is 1.67. The minimum atomic E-state index is 0.382. The van der Waals surface area contributed by atoms with Crippen LogP contribution in [0, 0.1) is 25.2 Å². The Kier molecular flexibility index (Phi) is 4.46. The van der Waals surface area contributed by atoms with Crippen LogP contribution in [0.4, 0.5) is 5.82 Å². The van der Waals surface area contributed by atoms with Crippen molar-refractivity contribution in [1.82, 2.24) is 20.2 Å². The standard InChI is InChI=1S/C20H17ClN6/c1-12-13(2)20(26-25-18(12)8-22)27-6-5-17-16(11-27)7-15(10-23-17)14-3-4-19(21)24-9-14/h3-4,7,9-10H,5-6,11H2,1-2H3. The van der Waals surface area contributed by atoms with Crippen LogP contribution in [0.2, 0.25) is 5.15 Å². The second-order valence-electron chi connectivity index (χ2n) is 6.60. The van der Waals surface area contributed by atoms with Gasteiger partial charge in [0.2, 0.25) is 0 Å². The normalized spacial score (nSPS) is 13.2. The van der Waals surface area contributed by atoms with Crippen LogP contribution in [0.25, 0.3) is 11.1 Å². The van der Waals surface area contributed by atoms with Gasteiger partial charge in [0.15, 0.2) is 11.5 Å². The Morgan fingerprint density at radius 1 is 1.07 bits per heavy atom. The van der Waals surface area contributed by atoms with Crippen molar-refractivity contribution in [3.63, 3.8) is 0 Å². The molecule has 0 amide bonds. The van der Waals surface area contributed by atoms with E-state index in [4.69, 9.17) is 16.9 Å².